The molecule has 0 saturated heterocycles. The molecule has 1 rings (SSSR count). The van der Waals surface area contributed by atoms with Gasteiger partial charge in [0.1, 0.15) is 6.04 Å². The third-order valence-corrected chi connectivity index (χ3v) is 2.30. The Morgan fingerprint density at radius 2 is 1.94 bits per heavy atom. The number of benzene rings is 1. The number of rotatable bonds is 4. The summed E-state index contributed by atoms with van der Waals surface area (Å²) in [6, 6.07) is 5.79. The summed E-state index contributed by atoms with van der Waals surface area (Å²) < 4.78 is 4.50. The molecule has 0 radical (unpaired) electrons. The van der Waals surface area contributed by atoms with Crippen LogP contribution in [-0.4, -0.2) is 30.1 Å². The summed E-state index contributed by atoms with van der Waals surface area (Å²) in [6.45, 7) is 1.48. The van der Waals surface area contributed by atoms with Gasteiger partial charge in [0.05, 0.1) is 13.7 Å². The predicted molar refractivity (Wildman–Crippen MR) is 61.3 cm³/mol. The fourth-order valence-electron chi connectivity index (χ4n) is 1.28. The van der Waals surface area contributed by atoms with Crippen molar-refractivity contribution in [2.45, 2.75) is 19.6 Å². The number of amides is 1. The molecule has 1 amide bonds. The lowest BCUT2D eigenvalue weighted by atomic mass is 10.1. The Balaban J connectivity index is 2.66. The Morgan fingerprint density at radius 3 is 2.41 bits per heavy atom. The van der Waals surface area contributed by atoms with E-state index >= 15 is 0 Å². The van der Waals surface area contributed by atoms with Crippen LogP contribution in [0.15, 0.2) is 24.3 Å². The second-order valence-electron chi connectivity index (χ2n) is 3.57. The number of carbonyl (C=O) groups is 2. The van der Waals surface area contributed by atoms with Crippen LogP contribution in [0.5, 0.6) is 0 Å². The number of aliphatic hydroxyl groups is 1. The summed E-state index contributed by atoms with van der Waals surface area (Å²) in [5.41, 5.74) is 1.15. The maximum atomic E-state index is 11.7. The van der Waals surface area contributed by atoms with Gasteiger partial charge in [-0.25, -0.2) is 4.79 Å². The van der Waals surface area contributed by atoms with Crippen molar-refractivity contribution in [3.63, 3.8) is 0 Å². The van der Waals surface area contributed by atoms with Gasteiger partial charge < -0.3 is 15.2 Å². The van der Waals surface area contributed by atoms with Gasteiger partial charge in [-0.1, -0.05) is 12.1 Å². The third kappa shape index (κ3) is 3.57. The van der Waals surface area contributed by atoms with E-state index in [2.05, 4.69) is 10.1 Å². The molecule has 0 aliphatic heterocycles. The highest BCUT2D eigenvalue weighted by molar-refractivity contribution is 5.96. The number of hydrogen-bond acceptors (Lipinski definition) is 4. The number of esters is 1. The van der Waals surface area contributed by atoms with Crippen LogP contribution in [0.2, 0.25) is 0 Å². The van der Waals surface area contributed by atoms with Crippen molar-refractivity contribution >= 4 is 11.9 Å². The van der Waals surface area contributed by atoms with Crippen LogP contribution in [0, 0.1) is 0 Å². The van der Waals surface area contributed by atoms with Gasteiger partial charge in [0.2, 0.25) is 0 Å². The van der Waals surface area contributed by atoms with Gasteiger partial charge in [-0.05, 0) is 24.6 Å². The van der Waals surface area contributed by atoms with E-state index in [1.54, 1.807) is 31.2 Å². The Bertz CT molecular complexity index is 399. The number of carbonyl (C=O) groups excluding carboxylic acids is 2. The summed E-state index contributed by atoms with van der Waals surface area (Å²) in [5, 5.41) is 11.4. The van der Waals surface area contributed by atoms with Gasteiger partial charge in [0.15, 0.2) is 0 Å². The van der Waals surface area contributed by atoms with E-state index in [9.17, 15) is 9.59 Å². The topological polar surface area (TPSA) is 75.6 Å². The summed E-state index contributed by atoms with van der Waals surface area (Å²) >= 11 is 0. The first-order chi connectivity index (χ1) is 8.08. The fourth-order valence-corrected chi connectivity index (χ4v) is 1.28. The summed E-state index contributed by atoms with van der Waals surface area (Å²) in [5.74, 6) is -0.849. The van der Waals surface area contributed by atoms with Crippen LogP contribution in [-0.2, 0) is 16.1 Å². The SMILES string of the molecule is COC(=O)C(C)NC(=O)c1ccc(CO)cc1. The maximum Gasteiger partial charge on any atom is 0.328 e. The molecule has 0 bridgehead atoms. The lowest BCUT2D eigenvalue weighted by molar-refractivity contribution is -0.142. The lowest BCUT2D eigenvalue weighted by Crippen LogP contribution is -2.39. The first-order valence-electron chi connectivity index (χ1n) is 5.17. The number of hydrogen-bond donors (Lipinski definition) is 2. The first-order valence-corrected chi connectivity index (χ1v) is 5.17. The van der Waals surface area contributed by atoms with Gasteiger partial charge in [-0.2, -0.15) is 0 Å². The minimum Gasteiger partial charge on any atom is -0.467 e. The molecule has 0 fully saturated rings. The zero-order chi connectivity index (χ0) is 12.8. The molecule has 0 saturated carbocycles. The molecule has 1 atom stereocenters. The average Bonchev–Trinajstić information content (AvgIpc) is 2.37. The van der Waals surface area contributed by atoms with E-state index in [-0.39, 0.29) is 12.5 Å². The van der Waals surface area contributed by atoms with Crippen LogP contribution in [0.1, 0.15) is 22.8 Å². The zero-order valence-corrected chi connectivity index (χ0v) is 9.77. The molecule has 1 unspecified atom stereocenters. The first kappa shape index (κ1) is 13.2. The second-order valence-corrected chi connectivity index (χ2v) is 3.57. The van der Waals surface area contributed by atoms with E-state index in [4.69, 9.17) is 5.11 Å². The highest BCUT2D eigenvalue weighted by Gasteiger charge is 2.16. The molecule has 17 heavy (non-hydrogen) atoms. The summed E-state index contributed by atoms with van der Waals surface area (Å²) in [6.07, 6.45) is 0. The number of nitrogens with one attached hydrogen (secondary N) is 1. The Kier molecular flexibility index (Phi) is 4.66. The van der Waals surface area contributed by atoms with E-state index in [0.717, 1.165) is 5.56 Å². The van der Waals surface area contributed by atoms with Gasteiger partial charge >= 0.3 is 5.97 Å². The molecular weight excluding hydrogens is 222 g/mol. The smallest absolute Gasteiger partial charge is 0.328 e. The Labute approximate surface area is 99.4 Å². The van der Waals surface area contributed by atoms with E-state index in [1.807, 2.05) is 0 Å². The maximum absolute atomic E-state index is 11.7. The van der Waals surface area contributed by atoms with Crippen LogP contribution in [0.3, 0.4) is 0 Å². The molecule has 92 valence electrons. The van der Waals surface area contributed by atoms with Crippen LogP contribution in [0.4, 0.5) is 0 Å². The number of aliphatic hydroxyl groups excluding tert-OH is 1. The monoisotopic (exact) mass is 237 g/mol. The Hall–Kier alpha value is -1.88. The van der Waals surface area contributed by atoms with Crippen LogP contribution < -0.4 is 5.32 Å². The predicted octanol–water partition coefficient (Wildman–Crippen LogP) is 0.470. The minimum atomic E-state index is -0.690. The van der Waals surface area contributed by atoms with Crippen molar-refractivity contribution in [1.82, 2.24) is 5.32 Å². The lowest BCUT2D eigenvalue weighted by Gasteiger charge is -2.11. The molecule has 0 aromatic heterocycles. The average molecular weight is 237 g/mol. The van der Waals surface area contributed by atoms with Crippen molar-refractivity contribution < 1.29 is 19.4 Å². The van der Waals surface area contributed by atoms with Gasteiger partial charge in [0.25, 0.3) is 5.91 Å². The molecule has 0 heterocycles. The largest absolute Gasteiger partial charge is 0.467 e. The standard InChI is InChI=1S/C12H15NO4/c1-8(12(16)17-2)13-11(15)10-5-3-9(7-14)4-6-10/h3-6,8,14H,7H2,1-2H3,(H,13,15). The molecule has 5 heteroatoms. The quantitative estimate of drug-likeness (QED) is 0.746. The molecule has 2 N–H and O–H groups in total. The van der Waals surface area contributed by atoms with E-state index in [0.29, 0.717) is 5.56 Å². The normalized spacial score (nSPS) is 11.7. The highest BCUT2D eigenvalue weighted by Crippen LogP contribution is 2.04. The number of ether oxygens (including phenoxy) is 1. The van der Waals surface area contributed by atoms with E-state index < -0.39 is 12.0 Å². The number of methoxy groups -OCH3 is 1. The fraction of sp³-hybridized carbons (Fsp3) is 0.333. The van der Waals surface area contributed by atoms with Gasteiger partial charge in [0, 0.05) is 5.56 Å². The molecule has 0 spiro atoms. The highest BCUT2D eigenvalue weighted by atomic mass is 16.5. The molecule has 0 aliphatic rings. The second kappa shape index (κ2) is 6.00. The summed E-state index contributed by atoms with van der Waals surface area (Å²) in [4.78, 5) is 22.8. The molecule has 1 aromatic rings. The Morgan fingerprint density at radius 1 is 1.35 bits per heavy atom. The van der Waals surface area contributed by atoms with Crippen LogP contribution >= 0.6 is 0 Å². The van der Waals surface area contributed by atoms with Crippen molar-refractivity contribution in [1.29, 1.82) is 0 Å². The van der Waals surface area contributed by atoms with Crippen molar-refractivity contribution in [2.75, 3.05) is 7.11 Å². The van der Waals surface area contributed by atoms with Crippen molar-refractivity contribution in [3.05, 3.63) is 35.4 Å². The molecular formula is C12H15NO4. The summed E-state index contributed by atoms with van der Waals surface area (Å²) in [7, 11) is 1.26. The van der Waals surface area contributed by atoms with Gasteiger partial charge in [-0.3, -0.25) is 4.79 Å². The molecule has 5 nitrogen and oxygen atoms in total. The third-order valence-electron chi connectivity index (χ3n) is 2.30. The minimum absolute atomic E-state index is 0.0690. The van der Waals surface area contributed by atoms with Crippen molar-refractivity contribution in [3.8, 4) is 0 Å². The molecule has 0 aliphatic carbocycles. The van der Waals surface area contributed by atoms with Crippen LogP contribution in [0.25, 0.3) is 0 Å². The molecule has 1 aromatic carbocycles. The zero-order valence-electron chi connectivity index (χ0n) is 9.77. The van der Waals surface area contributed by atoms with Crippen molar-refractivity contribution in [2.24, 2.45) is 0 Å². The van der Waals surface area contributed by atoms with E-state index in [1.165, 1.54) is 7.11 Å². The van der Waals surface area contributed by atoms with Gasteiger partial charge in [-0.15, -0.1) is 0 Å².